The minimum Gasteiger partial charge on any atom is -0.491 e. The van der Waals surface area contributed by atoms with Crippen LogP contribution in [0.15, 0.2) is 42.5 Å². The van der Waals surface area contributed by atoms with Crippen LogP contribution in [0, 0.1) is 17.1 Å². The standard InChI is InChI=1S/C19H16FN3O/c1-12(2)24-16-6-3-13(4-7-16)9-14(11-21)19-22-17-8-5-15(20)10-18(17)23-19/h3-10,12H,1-2H3,(H,22,23)/b14-9-. The molecule has 24 heavy (non-hydrogen) atoms. The van der Waals surface area contributed by atoms with E-state index in [1.54, 1.807) is 12.1 Å². The molecule has 0 aliphatic rings. The molecule has 0 aliphatic carbocycles. The molecule has 1 heterocycles. The van der Waals surface area contributed by atoms with Gasteiger partial charge in [-0.15, -0.1) is 0 Å². The second-order valence-corrected chi connectivity index (χ2v) is 5.65. The van der Waals surface area contributed by atoms with E-state index < -0.39 is 0 Å². The minimum absolute atomic E-state index is 0.108. The first-order chi connectivity index (χ1) is 11.5. The van der Waals surface area contributed by atoms with E-state index in [1.165, 1.54) is 12.1 Å². The van der Waals surface area contributed by atoms with Gasteiger partial charge in [-0.2, -0.15) is 5.26 Å². The Morgan fingerprint density at radius 3 is 2.67 bits per heavy atom. The third-order valence-corrected chi connectivity index (χ3v) is 3.38. The van der Waals surface area contributed by atoms with E-state index in [9.17, 15) is 9.65 Å². The van der Waals surface area contributed by atoms with Gasteiger partial charge in [-0.1, -0.05) is 12.1 Å². The van der Waals surface area contributed by atoms with Crippen molar-refractivity contribution in [2.24, 2.45) is 0 Å². The largest absolute Gasteiger partial charge is 0.491 e. The maximum Gasteiger partial charge on any atom is 0.149 e. The topological polar surface area (TPSA) is 61.7 Å². The molecule has 0 saturated carbocycles. The highest BCUT2D eigenvalue weighted by Crippen LogP contribution is 2.21. The Morgan fingerprint density at radius 2 is 2.00 bits per heavy atom. The van der Waals surface area contributed by atoms with Crippen LogP contribution in [0.3, 0.4) is 0 Å². The van der Waals surface area contributed by atoms with Crippen molar-refractivity contribution in [2.75, 3.05) is 0 Å². The number of hydrogen-bond acceptors (Lipinski definition) is 3. The number of rotatable bonds is 4. The normalized spacial score (nSPS) is 11.7. The molecule has 1 N–H and O–H groups in total. The highest BCUT2D eigenvalue weighted by Gasteiger charge is 2.09. The van der Waals surface area contributed by atoms with Gasteiger partial charge in [-0.25, -0.2) is 9.37 Å². The number of allylic oxidation sites excluding steroid dienone is 1. The van der Waals surface area contributed by atoms with E-state index in [2.05, 4.69) is 16.0 Å². The summed E-state index contributed by atoms with van der Waals surface area (Å²) in [6, 6.07) is 13.9. The third kappa shape index (κ3) is 3.44. The van der Waals surface area contributed by atoms with Crippen molar-refractivity contribution in [3.8, 4) is 11.8 Å². The van der Waals surface area contributed by atoms with E-state index in [-0.39, 0.29) is 11.9 Å². The Kier molecular flexibility index (Phi) is 4.30. The average molecular weight is 321 g/mol. The Bertz CT molecular complexity index is 933. The van der Waals surface area contributed by atoms with Gasteiger partial charge in [0.25, 0.3) is 0 Å². The molecule has 0 aliphatic heterocycles. The first-order valence-electron chi connectivity index (χ1n) is 7.59. The van der Waals surface area contributed by atoms with Crippen LogP contribution in [0.4, 0.5) is 4.39 Å². The van der Waals surface area contributed by atoms with Crippen molar-refractivity contribution in [1.82, 2.24) is 9.97 Å². The highest BCUT2D eigenvalue weighted by atomic mass is 19.1. The smallest absolute Gasteiger partial charge is 0.149 e. The number of nitrogens with one attached hydrogen (secondary N) is 1. The predicted octanol–water partition coefficient (Wildman–Crippen LogP) is 4.55. The SMILES string of the molecule is CC(C)Oc1ccc(/C=C(/C#N)c2nc3ccc(F)cc3[nH]2)cc1. The van der Waals surface area contributed by atoms with Gasteiger partial charge in [0.15, 0.2) is 0 Å². The lowest BCUT2D eigenvalue weighted by Gasteiger charge is -2.09. The maximum absolute atomic E-state index is 13.3. The molecular weight excluding hydrogens is 305 g/mol. The molecule has 4 nitrogen and oxygen atoms in total. The van der Waals surface area contributed by atoms with Crippen molar-refractivity contribution in [3.63, 3.8) is 0 Å². The Hall–Kier alpha value is -3.13. The van der Waals surface area contributed by atoms with Crippen LogP contribution < -0.4 is 4.74 Å². The van der Waals surface area contributed by atoms with E-state index in [4.69, 9.17) is 4.74 Å². The summed E-state index contributed by atoms with van der Waals surface area (Å²) in [7, 11) is 0. The van der Waals surface area contributed by atoms with Gasteiger partial charge in [0, 0.05) is 0 Å². The van der Waals surface area contributed by atoms with Gasteiger partial charge >= 0.3 is 0 Å². The number of ether oxygens (including phenoxy) is 1. The summed E-state index contributed by atoms with van der Waals surface area (Å²) < 4.78 is 18.9. The molecule has 0 amide bonds. The van der Waals surface area contributed by atoms with Crippen LogP contribution in [0.2, 0.25) is 0 Å². The molecule has 0 atom stereocenters. The lowest BCUT2D eigenvalue weighted by Crippen LogP contribution is -2.05. The number of nitrogens with zero attached hydrogens (tertiary/aromatic N) is 2. The Labute approximate surface area is 139 Å². The van der Waals surface area contributed by atoms with Crippen molar-refractivity contribution >= 4 is 22.7 Å². The molecular formula is C19H16FN3O. The summed E-state index contributed by atoms with van der Waals surface area (Å²) in [6.45, 7) is 3.93. The lowest BCUT2D eigenvalue weighted by atomic mass is 10.1. The minimum atomic E-state index is -0.346. The number of nitriles is 1. The molecule has 2 aromatic carbocycles. The number of imidazole rings is 1. The van der Waals surface area contributed by atoms with Crippen LogP contribution in [0.1, 0.15) is 25.2 Å². The van der Waals surface area contributed by atoms with Crippen molar-refractivity contribution in [2.45, 2.75) is 20.0 Å². The summed E-state index contributed by atoms with van der Waals surface area (Å²) in [4.78, 5) is 7.32. The zero-order valence-corrected chi connectivity index (χ0v) is 13.4. The van der Waals surface area contributed by atoms with Gasteiger partial charge in [0.1, 0.15) is 23.5 Å². The third-order valence-electron chi connectivity index (χ3n) is 3.38. The molecule has 0 spiro atoms. The van der Waals surface area contributed by atoms with Gasteiger partial charge in [-0.05, 0) is 55.8 Å². The fourth-order valence-electron chi connectivity index (χ4n) is 2.34. The monoisotopic (exact) mass is 321 g/mol. The van der Waals surface area contributed by atoms with Gasteiger partial charge in [0.05, 0.1) is 22.7 Å². The van der Waals surface area contributed by atoms with E-state index in [0.717, 1.165) is 11.3 Å². The van der Waals surface area contributed by atoms with Crippen molar-refractivity contribution in [1.29, 1.82) is 5.26 Å². The molecule has 3 rings (SSSR count). The number of halogens is 1. The van der Waals surface area contributed by atoms with Crippen molar-refractivity contribution in [3.05, 3.63) is 59.7 Å². The molecule has 1 aromatic heterocycles. The first kappa shape index (κ1) is 15.8. The Balaban J connectivity index is 1.92. The molecule has 120 valence electrons. The summed E-state index contributed by atoms with van der Waals surface area (Å²) in [6.07, 6.45) is 1.84. The van der Waals surface area contributed by atoms with Crippen molar-refractivity contribution < 1.29 is 9.13 Å². The van der Waals surface area contributed by atoms with E-state index in [1.807, 2.05) is 38.1 Å². The van der Waals surface area contributed by atoms with Crippen LogP contribution in [-0.2, 0) is 0 Å². The molecule has 5 heteroatoms. The summed E-state index contributed by atoms with van der Waals surface area (Å²) in [5, 5.41) is 9.42. The quantitative estimate of drug-likeness (QED) is 0.717. The fraction of sp³-hybridized carbons (Fsp3) is 0.158. The highest BCUT2D eigenvalue weighted by molar-refractivity contribution is 5.90. The maximum atomic E-state index is 13.3. The summed E-state index contributed by atoms with van der Waals surface area (Å²) >= 11 is 0. The van der Waals surface area contributed by atoms with Gasteiger partial charge < -0.3 is 9.72 Å². The second kappa shape index (κ2) is 6.55. The predicted molar refractivity (Wildman–Crippen MR) is 91.7 cm³/mol. The summed E-state index contributed by atoms with van der Waals surface area (Å²) in [5.74, 6) is 0.849. The molecule has 0 fully saturated rings. The summed E-state index contributed by atoms with van der Waals surface area (Å²) in [5.41, 5.74) is 2.42. The van der Waals surface area contributed by atoms with Crippen LogP contribution in [-0.4, -0.2) is 16.1 Å². The average Bonchev–Trinajstić information content (AvgIpc) is 2.96. The van der Waals surface area contributed by atoms with Crippen LogP contribution in [0.5, 0.6) is 5.75 Å². The van der Waals surface area contributed by atoms with E-state index >= 15 is 0 Å². The molecule has 0 bridgehead atoms. The number of aromatic amines is 1. The number of fused-ring (bicyclic) bond motifs is 1. The molecule has 0 saturated heterocycles. The number of hydrogen-bond donors (Lipinski definition) is 1. The van der Waals surface area contributed by atoms with E-state index in [0.29, 0.717) is 22.4 Å². The van der Waals surface area contributed by atoms with Crippen LogP contribution >= 0.6 is 0 Å². The Morgan fingerprint density at radius 1 is 1.25 bits per heavy atom. The second-order valence-electron chi connectivity index (χ2n) is 5.65. The molecule has 0 radical (unpaired) electrons. The number of H-pyrrole nitrogens is 1. The molecule has 3 aromatic rings. The van der Waals surface area contributed by atoms with Gasteiger partial charge in [0.2, 0.25) is 0 Å². The zero-order valence-electron chi connectivity index (χ0n) is 13.4. The van der Waals surface area contributed by atoms with Gasteiger partial charge in [-0.3, -0.25) is 0 Å². The first-order valence-corrected chi connectivity index (χ1v) is 7.59. The number of benzene rings is 2. The van der Waals surface area contributed by atoms with Crippen LogP contribution in [0.25, 0.3) is 22.7 Å². The zero-order chi connectivity index (χ0) is 17.1. The lowest BCUT2D eigenvalue weighted by molar-refractivity contribution is 0.242. The number of aromatic nitrogens is 2. The molecule has 0 unspecified atom stereocenters. The fourth-order valence-corrected chi connectivity index (χ4v) is 2.34.